The molecule has 32 atom stereocenters. The molecule has 13 rings (SSSR count). The van der Waals surface area contributed by atoms with Crippen molar-refractivity contribution in [2.75, 3.05) is 13.2 Å². The van der Waals surface area contributed by atoms with E-state index in [0.29, 0.717) is 38.7 Å². The monoisotopic (exact) mass is 1080 g/mol. The first-order valence-electron chi connectivity index (χ1n) is 29.4. The number of rotatable bonds is 3. The largest absolute Gasteiger partial charge is 0.393 e. The highest BCUT2D eigenvalue weighted by atomic mass is 16.7. The second kappa shape index (κ2) is 21.6. The molecule has 9 saturated heterocycles. The van der Waals surface area contributed by atoms with Gasteiger partial charge in [-0.05, 0) is 50.9 Å². The van der Waals surface area contributed by atoms with Crippen LogP contribution in [-0.4, -0.2) is 209 Å². The standard InChI is InChI=1S/C59H84O18/c1-28-21-41-43(24-47-53(74-41)30(3)51(63)57-54(75-47)29(2)31(4)59(77-57)19-8-20-65-59)71-45-26-50-58(5,76-46(45)22-28)49(62)25-44-35(72-50)11-7-10-34-36(69-44)15-16-38-37(67-34)17-18-39-42(68-38)23-48-56(73-39)52(64)55-40(70-48)12-6-9-33(66-55)14-13-32(61)27-60/h6-7,9,11,13-18,28-57,60-64H,8,10,12,19-27H2,1-5H3/t28-,29+,30+,31+,32+,33-,34-,35-,36+,37+,38-,39-,40+,41+,42+,43-,44-,45+,46-,47+,48-,49-,50-,51+,52-,53-,54-,55+,56-,57+,58+,59?/m1/s1. The molecule has 77 heavy (non-hydrogen) atoms. The molecule has 428 valence electrons. The van der Waals surface area contributed by atoms with Gasteiger partial charge in [0.1, 0.15) is 60.5 Å². The molecule has 13 aliphatic heterocycles. The minimum atomic E-state index is -1.03. The van der Waals surface area contributed by atoms with Gasteiger partial charge in [-0.3, -0.25) is 0 Å². The van der Waals surface area contributed by atoms with Crippen molar-refractivity contribution in [2.45, 2.75) is 269 Å². The third kappa shape index (κ3) is 9.98. The zero-order valence-electron chi connectivity index (χ0n) is 45.1. The van der Waals surface area contributed by atoms with Crippen molar-refractivity contribution in [1.29, 1.82) is 0 Å². The minimum absolute atomic E-state index is 0.0911. The van der Waals surface area contributed by atoms with E-state index in [1.807, 2.05) is 43.4 Å². The summed E-state index contributed by atoms with van der Waals surface area (Å²) in [6, 6.07) is 0. The van der Waals surface area contributed by atoms with Crippen LogP contribution in [0.3, 0.4) is 0 Å². The zero-order chi connectivity index (χ0) is 53.1. The molecule has 0 amide bonds. The molecule has 0 saturated carbocycles. The van der Waals surface area contributed by atoms with Crippen LogP contribution in [0.2, 0.25) is 0 Å². The Bertz CT molecular complexity index is 2240. The third-order valence-corrected chi connectivity index (χ3v) is 20.3. The van der Waals surface area contributed by atoms with Gasteiger partial charge in [-0.2, -0.15) is 0 Å². The quantitative estimate of drug-likeness (QED) is 0.255. The predicted molar refractivity (Wildman–Crippen MR) is 273 cm³/mol. The number of aliphatic hydroxyl groups excluding tert-OH is 5. The van der Waals surface area contributed by atoms with Crippen molar-refractivity contribution < 1.29 is 87.1 Å². The number of hydrogen-bond donors (Lipinski definition) is 5. The molecule has 18 heteroatoms. The highest BCUT2D eigenvalue weighted by Crippen LogP contribution is 2.52. The minimum Gasteiger partial charge on any atom is -0.393 e. The molecule has 0 aliphatic carbocycles. The van der Waals surface area contributed by atoms with Crippen LogP contribution in [0.15, 0.2) is 60.8 Å². The lowest BCUT2D eigenvalue weighted by Gasteiger charge is -2.53. The predicted octanol–water partition coefficient (Wildman–Crippen LogP) is 3.61. The molecule has 0 bridgehead atoms. The van der Waals surface area contributed by atoms with Crippen LogP contribution in [0.4, 0.5) is 0 Å². The van der Waals surface area contributed by atoms with Gasteiger partial charge >= 0.3 is 0 Å². The Hall–Kier alpha value is -2.02. The van der Waals surface area contributed by atoms with Gasteiger partial charge in [0.25, 0.3) is 0 Å². The fourth-order valence-corrected chi connectivity index (χ4v) is 15.7. The summed E-state index contributed by atoms with van der Waals surface area (Å²) in [5, 5.41) is 55.2. The summed E-state index contributed by atoms with van der Waals surface area (Å²) < 4.78 is 88.9. The lowest BCUT2D eigenvalue weighted by molar-refractivity contribution is -0.339. The van der Waals surface area contributed by atoms with E-state index in [4.69, 9.17) is 61.6 Å². The molecule has 0 aromatic rings. The van der Waals surface area contributed by atoms with Gasteiger partial charge in [0.15, 0.2) is 5.79 Å². The molecule has 1 unspecified atom stereocenters. The van der Waals surface area contributed by atoms with Gasteiger partial charge in [0.05, 0.1) is 117 Å². The summed E-state index contributed by atoms with van der Waals surface area (Å²) in [6.07, 6.45) is 12.5. The van der Waals surface area contributed by atoms with Crippen LogP contribution in [0.25, 0.3) is 0 Å². The normalized spacial score (nSPS) is 56.5. The van der Waals surface area contributed by atoms with Crippen molar-refractivity contribution in [3.8, 4) is 0 Å². The molecule has 5 N–H and O–H groups in total. The van der Waals surface area contributed by atoms with Gasteiger partial charge < -0.3 is 87.1 Å². The van der Waals surface area contributed by atoms with E-state index in [1.165, 1.54) is 6.08 Å². The first kappa shape index (κ1) is 54.2. The Morgan fingerprint density at radius 1 is 0.532 bits per heavy atom. The Morgan fingerprint density at radius 2 is 1.16 bits per heavy atom. The first-order chi connectivity index (χ1) is 37.1. The van der Waals surface area contributed by atoms with Crippen molar-refractivity contribution in [1.82, 2.24) is 0 Å². The average Bonchev–Trinajstić information content (AvgIpc) is 3.63. The van der Waals surface area contributed by atoms with Gasteiger partial charge in [-0.1, -0.05) is 88.5 Å². The molecule has 0 radical (unpaired) electrons. The molecular formula is C59H84O18. The Morgan fingerprint density at radius 3 is 1.95 bits per heavy atom. The SMILES string of the molecule is C[C@@H]1C[C@@H]2O[C@@H]3[C@@H](C)[C@H](O)[C@@H]4OC5(CCCO5)[C@@H](C)[C@H](C)[C@H]4O[C@H]3C[C@H]2O[C@H]2C[C@H]3O[C@@H]4C=CC[C@H]5O[C@H]6C=C[C@H]7O[C@H]8[C@H](O)[C@H]9O[C@@H](C=C[C@H](O)CO)C=CC[C@@H]9O[C@@H]8C[C@@H]7O[C@@H]6C=C[C@@H]5O[C@@H]4C[C@@H](O)[C@]3(C)O[C@@H]2C1. The number of fused-ring (bicyclic) bond motifs is 11. The van der Waals surface area contributed by atoms with Crippen LogP contribution in [0.5, 0.6) is 0 Å². The summed E-state index contributed by atoms with van der Waals surface area (Å²) in [7, 11) is 0. The molecule has 1 spiro atoms. The van der Waals surface area contributed by atoms with E-state index in [2.05, 4.69) is 39.8 Å². The lowest BCUT2D eigenvalue weighted by Crippen LogP contribution is -2.63. The van der Waals surface area contributed by atoms with Crippen molar-refractivity contribution in [2.24, 2.45) is 23.7 Å². The highest BCUT2D eigenvalue weighted by Gasteiger charge is 2.62. The molecule has 0 aromatic carbocycles. The molecule has 13 heterocycles. The van der Waals surface area contributed by atoms with Crippen LogP contribution in [0.1, 0.15) is 98.8 Å². The van der Waals surface area contributed by atoms with Gasteiger partial charge in [-0.25, -0.2) is 0 Å². The van der Waals surface area contributed by atoms with Gasteiger partial charge in [0.2, 0.25) is 0 Å². The number of ether oxygens (including phenoxy) is 13. The Kier molecular flexibility index (Phi) is 15.2. The van der Waals surface area contributed by atoms with Gasteiger partial charge in [-0.15, -0.1) is 0 Å². The van der Waals surface area contributed by atoms with E-state index >= 15 is 0 Å². The Balaban J connectivity index is 0.676. The van der Waals surface area contributed by atoms with E-state index in [9.17, 15) is 25.5 Å². The summed E-state index contributed by atoms with van der Waals surface area (Å²) in [6.45, 7) is 11.0. The topological polar surface area (TPSA) is 221 Å². The number of hydrogen-bond acceptors (Lipinski definition) is 18. The second-order valence-corrected chi connectivity index (χ2v) is 25.3. The van der Waals surface area contributed by atoms with Crippen LogP contribution in [-0.2, 0) is 61.6 Å². The van der Waals surface area contributed by atoms with Crippen LogP contribution < -0.4 is 0 Å². The van der Waals surface area contributed by atoms with Crippen molar-refractivity contribution >= 4 is 0 Å². The maximum Gasteiger partial charge on any atom is 0.171 e. The summed E-state index contributed by atoms with van der Waals surface area (Å²) in [5.41, 5.74) is -1.03. The fourth-order valence-electron chi connectivity index (χ4n) is 15.7. The molecule has 0 aromatic heterocycles. The van der Waals surface area contributed by atoms with E-state index < -0.39 is 122 Å². The third-order valence-electron chi connectivity index (χ3n) is 20.3. The smallest absolute Gasteiger partial charge is 0.171 e. The highest BCUT2D eigenvalue weighted by molar-refractivity contribution is 5.18. The van der Waals surface area contributed by atoms with E-state index in [0.717, 1.165) is 25.7 Å². The second-order valence-electron chi connectivity index (χ2n) is 25.3. The van der Waals surface area contributed by atoms with E-state index in [-0.39, 0.29) is 85.0 Å². The maximum absolute atomic E-state index is 12.3. The van der Waals surface area contributed by atoms with E-state index in [1.54, 1.807) is 6.08 Å². The van der Waals surface area contributed by atoms with Gasteiger partial charge in [0, 0.05) is 43.9 Å². The first-order valence-corrected chi connectivity index (χ1v) is 29.4. The van der Waals surface area contributed by atoms with Crippen molar-refractivity contribution in [3.63, 3.8) is 0 Å². The fraction of sp³-hybridized carbons (Fsp3) is 0.831. The summed E-state index contributed by atoms with van der Waals surface area (Å²) in [4.78, 5) is 0. The lowest BCUT2D eigenvalue weighted by atomic mass is 9.76. The maximum atomic E-state index is 12.3. The zero-order valence-corrected chi connectivity index (χ0v) is 45.1. The molecule has 9 fully saturated rings. The molecule has 13 aliphatic rings. The molecule has 18 nitrogen and oxygen atoms in total. The van der Waals surface area contributed by atoms with Crippen molar-refractivity contribution in [3.05, 3.63) is 60.8 Å². The average molecular weight is 1080 g/mol. The van der Waals surface area contributed by atoms with Crippen LogP contribution >= 0.6 is 0 Å². The summed E-state index contributed by atoms with van der Waals surface area (Å²) >= 11 is 0. The number of aliphatic hydroxyl groups is 5. The summed E-state index contributed by atoms with van der Waals surface area (Å²) in [5.74, 6) is -0.521. The molecular weight excluding hydrogens is 997 g/mol. The van der Waals surface area contributed by atoms with Crippen LogP contribution in [0, 0.1) is 23.7 Å². The Labute approximate surface area is 452 Å².